The summed E-state index contributed by atoms with van der Waals surface area (Å²) in [6.07, 6.45) is 6.69. The second-order valence-corrected chi connectivity index (χ2v) is 6.14. The summed E-state index contributed by atoms with van der Waals surface area (Å²) in [5.41, 5.74) is 1.82. The predicted molar refractivity (Wildman–Crippen MR) is 91.9 cm³/mol. The Morgan fingerprint density at radius 3 is 2.96 bits per heavy atom. The number of aromatic amines is 1. The Morgan fingerprint density at radius 2 is 2.23 bits per heavy atom. The summed E-state index contributed by atoms with van der Waals surface area (Å²) < 4.78 is 1.52. The summed E-state index contributed by atoms with van der Waals surface area (Å²) >= 11 is 0. The van der Waals surface area contributed by atoms with Crippen molar-refractivity contribution in [2.24, 2.45) is 0 Å². The number of carbonyl (C=O) groups excluding carboxylic acids is 1. The van der Waals surface area contributed by atoms with Crippen LogP contribution in [0, 0.1) is 0 Å². The fourth-order valence-electron chi connectivity index (χ4n) is 3.06. The maximum atomic E-state index is 12.8. The van der Waals surface area contributed by atoms with E-state index in [4.69, 9.17) is 0 Å². The van der Waals surface area contributed by atoms with Crippen LogP contribution in [-0.2, 0) is 17.8 Å². The minimum atomic E-state index is -0.459. The van der Waals surface area contributed by atoms with Crippen LogP contribution in [0.4, 0.5) is 0 Å². The Kier molecular flexibility index (Phi) is 4.04. The smallest absolute Gasteiger partial charge is 0.254 e. The molecule has 0 fully saturated rings. The van der Waals surface area contributed by atoms with Crippen molar-refractivity contribution >= 4 is 5.91 Å². The van der Waals surface area contributed by atoms with Gasteiger partial charge in [-0.3, -0.25) is 14.6 Å². The molecule has 3 aromatic heterocycles. The van der Waals surface area contributed by atoms with Gasteiger partial charge in [0.15, 0.2) is 0 Å². The summed E-state index contributed by atoms with van der Waals surface area (Å²) in [5.74, 6) is 0.381. The van der Waals surface area contributed by atoms with Gasteiger partial charge in [0.25, 0.3) is 5.56 Å². The van der Waals surface area contributed by atoms with Gasteiger partial charge in [-0.25, -0.2) is 14.6 Å². The van der Waals surface area contributed by atoms with E-state index < -0.39 is 6.04 Å². The molecule has 1 unspecified atom stereocenters. The summed E-state index contributed by atoms with van der Waals surface area (Å²) in [6.45, 7) is 2.55. The molecular weight excluding hydrogens is 334 g/mol. The molecule has 0 aliphatic carbocycles. The molecule has 3 aromatic rings. The van der Waals surface area contributed by atoms with Crippen molar-refractivity contribution in [3.05, 3.63) is 58.8 Å². The highest BCUT2D eigenvalue weighted by atomic mass is 16.2. The summed E-state index contributed by atoms with van der Waals surface area (Å²) in [5, 5.41) is 4.02. The lowest BCUT2D eigenvalue weighted by molar-refractivity contribution is -0.135. The van der Waals surface area contributed by atoms with Gasteiger partial charge >= 0.3 is 0 Å². The van der Waals surface area contributed by atoms with Gasteiger partial charge in [0.1, 0.15) is 24.5 Å². The first-order valence-electron chi connectivity index (χ1n) is 8.29. The van der Waals surface area contributed by atoms with Gasteiger partial charge in [0.05, 0.1) is 12.2 Å². The summed E-state index contributed by atoms with van der Waals surface area (Å²) in [7, 11) is 0. The number of hydrogen-bond acceptors (Lipinski definition) is 6. The number of aromatic nitrogens is 6. The van der Waals surface area contributed by atoms with Crippen molar-refractivity contribution in [1.29, 1.82) is 0 Å². The molecule has 9 nitrogen and oxygen atoms in total. The highest BCUT2D eigenvalue weighted by molar-refractivity contribution is 5.80. The molecule has 26 heavy (non-hydrogen) atoms. The number of pyridine rings is 1. The summed E-state index contributed by atoms with van der Waals surface area (Å²) in [4.78, 5) is 42.2. The van der Waals surface area contributed by atoms with Crippen LogP contribution < -0.4 is 5.56 Å². The van der Waals surface area contributed by atoms with Crippen LogP contribution in [0.15, 0.2) is 42.0 Å². The number of fused-ring (bicyclic) bond motifs is 1. The molecule has 1 aliphatic rings. The van der Waals surface area contributed by atoms with Crippen molar-refractivity contribution in [3.63, 3.8) is 0 Å². The van der Waals surface area contributed by atoms with Crippen LogP contribution in [0.1, 0.15) is 24.2 Å². The normalized spacial score (nSPS) is 14.7. The highest BCUT2D eigenvalue weighted by Gasteiger charge is 2.28. The molecule has 0 saturated heterocycles. The molecule has 4 heterocycles. The number of hydrogen-bond donors (Lipinski definition) is 1. The second-order valence-electron chi connectivity index (χ2n) is 6.14. The standard InChI is InChI=1S/C17H17N7O2/c1-11(24-10-19-9-20-24)17(26)23-6-4-13-14(8-23)21-15(22-16(13)25)12-3-2-5-18-7-12/h2-3,5,7,9-11H,4,6,8H2,1H3,(H,21,22,25). The average Bonchev–Trinajstić information content (AvgIpc) is 3.22. The van der Waals surface area contributed by atoms with Gasteiger partial charge in [-0.2, -0.15) is 5.10 Å². The number of carbonyl (C=O) groups is 1. The van der Waals surface area contributed by atoms with E-state index >= 15 is 0 Å². The highest BCUT2D eigenvalue weighted by Crippen LogP contribution is 2.20. The number of nitrogens with one attached hydrogen (secondary N) is 1. The SMILES string of the molecule is CC(C(=O)N1CCc2c(nc(-c3cccnc3)[nH]c2=O)C1)n1cncn1. The minimum Gasteiger partial charge on any atom is -0.335 e. The lowest BCUT2D eigenvalue weighted by Gasteiger charge is -2.30. The number of amides is 1. The second kappa shape index (κ2) is 6.51. The Labute approximate surface area is 148 Å². The number of rotatable bonds is 3. The molecule has 0 spiro atoms. The molecule has 0 aromatic carbocycles. The van der Waals surface area contributed by atoms with Crippen molar-refractivity contribution in [2.75, 3.05) is 6.54 Å². The quantitative estimate of drug-likeness (QED) is 0.739. The van der Waals surface area contributed by atoms with Crippen LogP contribution in [0.3, 0.4) is 0 Å². The molecule has 132 valence electrons. The minimum absolute atomic E-state index is 0.0776. The lowest BCUT2D eigenvalue weighted by atomic mass is 10.1. The topological polar surface area (TPSA) is 110 Å². The van der Waals surface area contributed by atoms with Gasteiger partial charge in [-0.1, -0.05) is 0 Å². The maximum absolute atomic E-state index is 12.8. The third kappa shape index (κ3) is 2.87. The van der Waals surface area contributed by atoms with Gasteiger partial charge in [0.2, 0.25) is 5.91 Å². The fourth-order valence-corrected chi connectivity index (χ4v) is 3.06. The van der Waals surface area contributed by atoms with E-state index in [0.29, 0.717) is 36.6 Å². The Morgan fingerprint density at radius 1 is 1.35 bits per heavy atom. The zero-order valence-corrected chi connectivity index (χ0v) is 14.2. The van der Waals surface area contributed by atoms with Crippen LogP contribution in [0.2, 0.25) is 0 Å². The van der Waals surface area contributed by atoms with E-state index in [1.54, 1.807) is 30.3 Å². The molecule has 0 bridgehead atoms. The third-order valence-corrected chi connectivity index (χ3v) is 4.51. The lowest BCUT2D eigenvalue weighted by Crippen LogP contribution is -2.42. The van der Waals surface area contributed by atoms with Crippen LogP contribution in [-0.4, -0.2) is 47.1 Å². The van der Waals surface area contributed by atoms with E-state index in [1.165, 1.54) is 17.3 Å². The summed E-state index contributed by atoms with van der Waals surface area (Å²) in [6, 6.07) is 3.15. The first kappa shape index (κ1) is 16.1. The van der Waals surface area contributed by atoms with Gasteiger partial charge in [0, 0.05) is 30.1 Å². The zero-order chi connectivity index (χ0) is 18.1. The molecule has 1 aliphatic heterocycles. The average molecular weight is 351 g/mol. The molecule has 9 heteroatoms. The Hall–Kier alpha value is -3.36. The van der Waals surface area contributed by atoms with E-state index in [-0.39, 0.29) is 11.5 Å². The first-order chi connectivity index (χ1) is 12.6. The van der Waals surface area contributed by atoms with Gasteiger partial charge in [-0.05, 0) is 25.5 Å². The predicted octanol–water partition coefficient (Wildman–Crippen LogP) is 0.569. The van der Waals surface area contributed by atoms with Crippen LogP contribution >= 0.6 is 0 Å². The van der Waals surface area contributed by atoms with Gasteiger partial charge < -0.3 is 9.88 Å². The van der Waals surface area contributed by atoms with Crippen LogP contribution in [0.25, 0.3) is 11.4 Å². The number of nitrogens with zero attached hydrogens (tertiary/aromatic N) is 6. The largest absolute Gasteiger partial charge is 0.335 e. The van der Waals surface area contributed by atoms with Crippen molar-refractivity contribution in [1.82, 2.24) is 34.6 Å². The first-order valence-corrected chi connectivity index (χ1v) is 8.29. The number of H-pyrrole nitrogens is 1. The maximum Gasteiger partial charge on any atom is 0.254 e. The van der Waals surface area contributed by atoms with E-state index in [9.17, 15) is 9.59 Å². The fraction of sp³-hybridized carbons (Fsp3) is 0.294. The molecule has 1 atom stereocenters. The molecule has 4 rings (SSSR count). The van der Waals surface area contributed by atoms with E-state index in [0.717, 1.165) is 5.56 Å². The third-order valence-electron chi connectivity index (χ3n) is 4.51. The van der Waals surface area contributed by atoms with Crippen molar-refractivity contribution in [3.8, 4) is 11.4 Å². The Balaban J connectivity index is 1.63. The van der Waals surface area contributed by atoms with E-state index in [2.05, 4.69) is 25.0 Å². The molecule has 0 saturated carbocycles. The molecule has 1 amide bonds. The molecule has 0 radical (unpaired) electrons. The Bertz CT molecular complexity index is 982. The molecule has 1 N–H and O–H groups in total. The van der Waals surface area contributed by atoms with Crippen molar-refractivity contribution in [2.45, 2.75) is 25.9 Å². The monoisotopic (exact) mass is 351 g/mol. The van der Waals surface area contributed by atoms with Gasteiger partial charge in [-0.15, -0.1) is 0 Å². The van der Waals surface area contributed by atoms with Crippen LogP contribution in [0.5, 0.6) is 0 Å². The van der Waals surface area contributed by atoms with E-state index in [1.807, 2.05) is 6.07 Å². The van der Waals surface area contributed by atoms with Crippen molar-refractivity contribution < 1.29 is 4.79 Å². The molecular formula is C17H17N7O2. The zero-order valence-electron chi connectivity index (χ0n) is 14.2.